The van der Waals surface area contributed by atoms with E-state index in [-0.39, 0.29) is 5.91 Å². The summed E-state index contributed by atoms with van der Waals surface area (Å²) in [5.41, 5.74) is 3.20. The smallest absolute Gasteiger partial charge is 0.224 e. The molecule has 2 aromatic carbocycles. The molecule has 31 heavy (non-hydrogen) atoms. The SMILES string of the molecule is CCCC(=O)Nc1ccc(CNC(=NC)N2CCN(c3ccc(OC)cc3)CC2)cc1. The van der Waals surface area contributed by atoms with Crippen molar-refractivity contribution in [2.75, 3.05) is 50.6 Å². The minimum absolute atomic E-state index is 0.0579. The van der Waals surface area contributed by atoms with Gasteiger partial charge in [0.05, 0.1) is 7.11 Å². The molecule has 166 valence electrons. The lowest BCUT2D eigenvalue weighted by Crippen LogP contribution is -2.52. The van der Waals surface area contributed by atoms with Crippen molar-refractivity contribution in [1.82, 2.24) is 10.2 Å². The highest BCUT2D eigenvalue weighted by Crippen LogP contribution is 2.20. The Balaban J connectivity index is 1.48. The fourth-order valence-corrected chi connectivity index (χ4v) is 3.64. The molecule has 0 spiro atoms. The molecule has 7 nitrogen and oxygen atoms in total. The van der Waals surface area contributed by atoms with Crippen molar-refractivity contribution < 1.29 is 9.53 Å². The number of hydrogen-bond donors (Lipinski definition) is 2. The van der Waals surface area contributed by atoms with E-state index in [1.807, 2.05) is 50.4 Å². The number of hydrogen-bond acceptors (Lipinski definition) is 4. The summed E-state index contributed by atoms with van der Waals surface area (Å²) in [6.45, 7) is 6.40. The van der Waals surface area contributed by atoms with E-state index in [1.165, 1.54) is 5.69 Å². The molecule has 1 fully saturated rings. The molecule has 0 atom stereocenters. The van der Waals surface area contributed by atoms with Gasteiger partial charge in [0.2, 0.25) is 5.91 Å². The molecule has 0 aliphatic carbocycles. The molecule has 1 aliphatic heterocycles. The number of carbonyl (C=O) groups excluding carboxylic acids is 1. The molecule has 1 aliphatic rings. The van der Waals surface area contributed by atoms with Crippen LogP contribution in [0.2, 0.25) is 0 Å². The van der Waals surface area contributed by atoms with E-state index >= 15 is 0 Å². The van der Waals surface area contributed by atoms with Crippen molar-refractivity contribution in [3.8, 4) is 5.75 Å². The number of rotatable bonds is 7. The van der Waals surface area contributed by atoms with Crippen molar-refractivity contribution in [1.29, 1.82) is 0 Å². The molecular weight excluding hydrogens is 390 g/mol. The first-order valence-corrected chi connectivity index (χ1v) is 10.9. The normalized spacial score (nSPS) is 14.4. The number of benzene rings is 2. The van der Waals surface area contributed by atoms with Gasteiger partial charge in [-0.3, -0.25) is 9.79 Å². The van der Waals surface area contributed by atoms with Gasteiger partial charge in [-0.15, -0.1) is 0 Å². The number of guanidine groups is 1. The van der Waals surface area contributed by atoms with E-state index < -0.39 is 0 Å². The second-order valence-electron chi connectivity index (χ2n) is 7.57. The lowest BCUT2D eigenvalue weighted by Gasteiger charge is -2.37. The van der Waals surface area contributed by atoms with Crippen LogP contribution in [0.15, 0.2) is 53.5 Å². The van der Waals surface area contributed by atoms with Gasteiger partial charge in [0.25, 0.3) is 0 Å². The molecule has 3 rings (SSSR count). The second-order valence-corrected chi connectivity index (χ2v) is 7.57. The average Bonchev–Trinajstić information content (AvgIpc) is 2.81. The minimum Gasteiger partial charge on any atom is -0.497 e. The number of nitrogens with one attached hydrogen (secondary N) is 2. The Hall–Kier alpha value is -3.22. The number of anilines is 2. The van der Waals surface area contributed by atoms with Crippen LogP contribution in [0.1, 0.15) is 25.3 Å². The average molecular weight is 424 g/mol. The summed E-state index contributed by atoms with van der Waals surface area (Å²) in [4.78, 5) is 20.9. The summed E-state index contributed by atoms with van der Waals surface area (Å²) >= 11 is 0. The number of amides is 1. The van der Waals surface area contributed by atoms with Crippen molar-refractivity contribution >= 4 is 23.2 Å². The van der Waals surface area contributed by atoms with Gasteiger partial charge in [-0.1, -0.05) is 19.1 Å². The monoisotopic (exact) mass is 423 g/mol. The van der Waals surface area contributed by atoms with Gasteiger partial charge >= 0.3 is 0 Å². The zero-order chi connectivity index (χ0) is 22.1. The third kappa shape index (κ3) is 6.38. The van der Waals surface area contributed by atoms with E-state index in [0.29, 0.717) is 13.0 Å². The van der Waals surface area contributed by atoms with Gasteiger partial charge in [-0.05, 0) is 48.4 Å². The molecule has 2 aromatic rings. The second kappa shape index (κ2) is 11.2. The predicted molar refractivity (Wildman–Crippen MR) is 127 cm³/mol. The Bertz CT molecular complexity index is 857. The number of aliphatic imine (C=N–C) groups is 1. The molecule has 1 saturated heterocycles. The summed E-state index contributed by atoms with van der Waals surface area (Å²) in [7, 11) is 3.51. The van der Waals surface area contributed by atoms with Gasteiger partial charge in [0.1, 0.15) is 5.75 Å². The first-order chi connectivity index (χ1) is 15.1. The number of carbonyl (C=O) groups is 1. The van der Waals surface area contributed by atoms with Crippen LogP contribution in [0.3, 0.4) is 0 Å². The number of methoxy groups -OCH3 is 1. The van der Waals surface area contributed by atoms with Crippen LogP contribution < -0.4 is 20.3 Å². The maximum absolute atomic E-state index is 11.7. The van der Waals surface area contributed by atoms with Crippen LogP contribution >= 0.6 is 0 Å². The topological polar surface area (TPSA) is 69.2 Å². The molecule has 0 unspecified atom stereocenters. The molecule has 0 aromatic heterocycles. The predicted octanol–water partition coefficient (Wildman–Crippen LogP) is 3.33. The van der Waals surface area contributed by atoms with E-state index in [4.69, 9.17) is 4.74 Å². The summed E-state index contributed by atoms with van der Waals surface area (Å²) < 4.78 is 5.25. The van der Waals surface area contributed by atoms with Crippen molar-refractivity contribution in [3.05, 3.63) is 54.1 Å². The fourth-order valence-electron chi connectivity index (χ4n) is 3.64. The molecule has 0 bridgehead atoms. The van der Waals surface area contributed by atoms with Crippen molar-refractivity contribution in [3.63, 3.8) is 0 Å². The third-order valence-electron chi connectivity index (χ3n) is 5.39. The highest BCUT2D eigenvalue weighted by molar-refractivity contribution is 5.90. The maximum atomic E-state index is 11.7. The van der Waals surface area contributed by atoms with Crippen LogP contribution in [0.25, 0.3) is 0 Å². The van der Waals surface area contributed by atoms with Gasteiger partial charge in [-0.2, -0.15) is 0 Å². The van der Waals surface area contributed by atoms with Gasteiger partial charge in [-0.25, -0.2) is 0 Å². The van der Waals surface area contributed by atoms with E-state index in [2.05, 4.69) is 37.6 Å². The highest BCUT2D eigenvalue weighted by atomic mass is 16.5. The Morgan fingerprint density at radius 3 is 2.29 bits per heavy atom. The van der Waals surface area contributed by atoms with Gasteiger partial charge < -0.3 is 25.2 Å². The summed E-state index contributed by atoms with van der Waals surface area (Å²) in [5, 5.41) is 6.38. The van der Waals surface area contributed by atoms with E-state index in [1.54, 1.807) is 7.11 Å². The molecule has 0 radical (unpaired) electrons. The van der Waals surface area contributed by atoms with Crippen LogP contribution in [-0.2, 0) is 11.3 Å². The Morgan fingerprint density at radius 2 is 1.71 bits per heavy atom. The quantitative estimate of drug-likeness (QED) is 0.528. The lowest BCUT2D eigenvalue weighted by atomic mass is 10.2. The fraction of sp³-hybridized carbons (Fsp3) is 0.417. The zero-order valence-electron chi connectivity index (χ0n) is 18.7. The standard InChI is InChI=1S/C24H33N5O2/c1-4-5-23(30)27-20-8-6-19(7-9-20)18-26-24(25-2)29-16-14-28(15-17-29)21-10-12-22(31-3)13-11-21/h6-13H,4-5,14-18H2,1-3H3,(H,25,26)(H,27,30). The lowest BCUT2D eigenvalue weighted by molar-refractivity contribution is -0.116. The molecule has 1 amide bonds. The Morgan fingerprint density at radius 1 is 1.03 bits per heavy atom. The van der Waals surface area contributed by atoms with Crippen molar-refractivity contribution in [2.24, 2.45) is 4.99 Å². The van der Waals surface area contributed by atoms with Crippen LogP contribution in [0, 0.1) is 0 Å². The molecule has 1 heterocycles. The first kappa shape index (κ1) is 22.5. The van der Waals surface area contributed by atoms with Crippen LogP contribution in [0.4, 0.5) is 11.4 Å². The summed E-state index contributed by atoms with van der Waals surface area (Å²) in [6, 6.07) is 16.2. The van der Waals surface area contributed by atoms with Crippen molar-refractivity contribution in [2.45, 2.75) is 26.3 Å². The number of ether oxygens (including phenoxy) is 1. The highest BCUT2D eigenvalue weighted by Gasteiger charge is 2.19. The van der Waals surface area contributed by atoms with Crippen LogP contribution in [-0.4, -0.2) is 57.1 Å². The third-order valence-corrected chi connectivity index (χ3v) is 5.39. The first-order valence-electron chi connectivity index (χ1n) is 10.9. The number of nitrogens with zero attached hydrogens (tertiary/aromatic N) is 3. The van der Waals surface area contributed by atoms with Gasteiger partial charge in [0, 0.05) is 57.6 Å². The largest absolute Gasteiger partial charge is 0.497 e. The molecule has 2 N–H and O–H groups in total. The Labute approximate surface area is 185 Å². The van der Waals surface area contributed by atoms with Crippen LogP contribution in [0.5, 0.6) is 5.75 Å². The maximum Gasteiger partial charge on any atom is 0.224 e. The summed E-state index contributed by atoms with van der Waals surface area (Å²) in [5.74, 6) is 1.85. The molecule has 0 saturated carbocycles. The van der Waals surface area contributed by atoms with E-state index in [0.717, 1.165) is 55.6 Å². The molecule has 7 heteroatoms. The molecular formula is C24H33N5O2. The van der Waals surface area contributed by atoms with Gasteiger partial charge in [0.15, 0.2) is 5.96 Å². The van der Waals surface area contributed by atoms with E-state index in [9.17, 15) is 4.79 Å². The Kier molecular flexibility index (Phi) is 8.15. The minimum atomic E-state index is 0.0579. The summed E-state index contributed by atoms with van der Waals surface area (Å²) in [6.07, 6.45) is 1.40. The number of piperazine rings is 1. The zero-order valence-corrected chi connectivity index (χ0v) is 18.7.